The molecule has 0 fully saturated rings. The van der Waals surface area contributed by atoms with Gasteiger partial charge in [0.05, 0.1) is 6.26 Å². The van der Waals surface area contributed by atoms with Crippen LogP contribution in [0.4, 0.5) is 0 Å². The van der Waals surface area contributed by atoms with Crippen LogP contribution < -0.4 is 0 Å². The van der Waals surface area contributed by atoms with Crippen LogP contribution in [0.15, 0.2) is 22.8 Å². The summed E-state index contributed by atoms with van der Waals surface area (Å²) in [5, 5.41) is 7.42. The van der Waals surface area contributed by atoms with Gasteiger partial charge in [0.1, 0.15) is 0 Å². The summed E-state index contributed by atoms with van der Waals surface area (Å²) in [6, 6.07) is 3.27. The van der Waals surface area contributed by atoms with Gasteiger partial charge < -0.3 is 9.52 Å². The van der Waals surface area contributed by atoms with Crippen molar-refractivity contribution < 1.29 is 50.2 Å². The van der Waals surface area contributed by atoms with Gasteiger partial charge in [-0.05, 0) is 12.1 Å². The third kappa shape index (κ3) is 29.3. The van der Waals surface area contributed by atoms with E-state index in [9.17, 15) is 4.79 Å². The number of aldehydes is 1. The molecule has 0 aliphatic heterocycles. The number of carboxylic acids is 1. The van der Waals surface area contributed by atoms with Gasteiger partial charge in [-0.1, -0.05) is 0 Å². The Morgan fingerprint density at radius 3 is 1.94 bits per heavy atom. The molecule has 3 N–H and O–H groups in total. The quantitative estimate of drug-likeness (QED) is 0.478. The zero-order chi connectivity index (χ0) is 13.2. The molecule has 92 valence electrons. The second-order valence-electron chi connectivity index (χ2n) is 2.10. The van der Waals surface area contributed by atoms with E-state index in [1.54, 1.807) is 12.1 Å². The van der Waals surface area contributed by atoms with E-state index in [0.29, 0.717) is 12.0 Å². The average molecular weight is 318 g/mol. The Balaban J connectivity index is 0. The number of carboxylic acid groups (broad SMARTS) is 1. The van der Waals surface area contributed by atoms with E-state index in [0.717, 1.165) is 6.92 Å². The molecule has 1 aromatic heterocycles. The fraction of sp³-hybridized carbons (Fsp3) is 0.143. The summed E-state index contributed by atoms with van der Waals surface area (Å²) in [7, 11) is 0. The third-order valence-corrected chi connectivity index (χ3v) is 0.659. The van der Waals surface area contributed by atoms with Gasteiger partial charge in [-0.15, -0.1) is 0 Å². The van der Waals surface area contributed by atoms with Crippen molar-refractivity contribution in [1.82, 2.24) is 0 Å². The number of carbonyl (C=O) groups excluding carboxylic acids is 1. The maximum atomic E-state index is 9.77. The molecule has 0 saturated heterocycles. The predicted octanol–water partition coefficient (Wildman–Crippen LogP) is -0.171. The normalized spacial score (nSPS) is 8.94. The molecule has 9 heteroatoms. The first-order valence-electron chi connectivity index (χ1n) is 3.55. The first-order valence-corrected chi connectivity index (χ1v) is 6.98. The summed E-state index contributed by atoms with van der Waals surface area (Å²) >= 11 is -5.52. The zero-order valence-corrected chi connectivity index (χ0v) is 10.1. The molecule has 1 aromatic rings. The molecule has 1 heterocycles. The SMILES string of the molecule is CC(=O)O.O=Cc1ccco1.[O]=[Mo](=[O])([OH])[OH]. The molecule has 0 aliphatic carbocycles. The molecule has 0 aromatic carbocycles. The molecular weight excluding hydrogens is 308 g/mol. The topological polar surface area (TPSA) is 142 Å². The van der Waals surface area contributed by atoms with Crippen LogP contribution in [-0.2, 0) is 28.3 Å². The van der Waals surface area contributed by atoms with Crippen LogP contribution in [0, 0.1) is 0 Å². The van der Waals surface area contributed by atoms with E-state index in [-0.39, 0.29) is 0 Å². The van der Waals surface area contributed by atoms with Gasteiger partial charge in [-0.2, -0.15) is 0 Å². The Labute approximate surface area is 93.8 Å². The van der Waals surface area contributed by atoms with Crippen molar-refractivity contribution >= 4 is 12.3 Å². The molecule has 16 heavy (non-hydrogen) atoms. The Bertz CT molecular complexity index is 378. The number of furan rings is 1. The molecule has 0 bridgehead atoms. The Morgan fingerprint density at radius 1 is 1.44 bits per heavy atom. The second-order valence-corrected chi connectivity index (χ2v) is 4.30. The van der Waals surface area contributed by atoms with Gasteiger partial charge in [0.15, 0.2) is 12.0 Å². The van der Waals surface area contributed by atoms with Crippen molar-refractivity contribution in [2.24, 2.45) is 0 Å². The number of hydrogen-bond donors (Lipinski definition) is 3. The maximum absolute atomic E-state index is 9.77. The molecule has 1 rings (SSSR count). The standard InChI is InChI=1S/C5H4O2.C2H4O2.Mo.2H2O.2O/c6-4-5-2-1-3-7-5;1-2(3)4;;;;;/h1-4H;1H3,(H,3,4);;2*1H2;;/q;;+2;;;;/p-2. The summed E-state index contributed by atoms with van der Waals surface area (Å²) in [6.07, 6.45) is 2.13. The van der Waals surface area contributed by atoms with E-state index >= 15 is 0 Å². The summed E-state index contributed by atoms with van der Waals surface area (Å²) in [5.74, 6) is -0.458. The van der Waals surface area contributed by atoms with Crippen LogP contribution in [0.1, 0.15) is 17.5 Å². The van der Waals surface area contributed by atoms with Crippen molar-refractivity contribution in [1.29, 1.82) is 0 Å². The molecule has 0 unspecified atom stereocenters. The zero-order valence-electron chi connectivity index (χ0n) is 8.10. The van der Waals surface area contributed by atoms with Crippen molar-refractivity contribution in [3.05, 3.63) is 24.2 Å². The van der Waals surface area contributed by atoms with Crippen LogP contribution in [0.3, 0.4) is 0 Å². The first kappa shape index (κ1) is 17.0. The van der Waals surface area contributed by atoms with Gasteiger partial charge in [0.2, 0.25) is 0 Å². The summed E-state index contributed by atoms with van der Waals surface area (Å²) < 4.78 is 36.6. The van der Waals surface area contributed by atoms with E-state index in [4.69, 9.17) is 24.2 Å². The molecule has 0 spiro atoms. The molecule has 0 amide bonds. The van der Waals surface area contributed by atoms with Gasteiger partial charge >= 0.3 is 31.1 Å². The molecular formula is C7H10MoO8. The van der Waals surface area contributed by atoms with Crippen molar-refractivity contribution in [2.75, 3.05) is 0 Å². The minimum atomic E-state index is -5.52. The molecule has 0 atom stereocenters. The van der Waals surface area contributed by atoms with Gasteiger partial charge in [0, 0.05) is 6.92 Å². The fourth-order valence-corrected chi connectivity index (χ4v) is 0.358. The first-order chi connectivity index (χ1) is 7.16. The number of aliphatic carboxylic acids is 1. The molecule has 0 saturated carbocycles. The summed E-state index contributed by atoms with van der Waals surface area (Å²) in [5.41, 5.74) is 0. The van der Waals surface area contributed by atoms with Crippen LogP contribution in [0.2, 0.25) is 0 Å². The predicted molar refractivity (Wildman–Crippen MR) is 43.2 cm³/mol. The minimum absolute atomic E-state index is 0.375. The summed E-state index contributed by atoms with van der Waals surface area (Å²) in [4.78, 5) is 18.8. The number of hydrogen-bond acceptors (Lipinski definition) is 5. The Kier molecular flexibility index (Phi) is 9.47. The second kappa shape index (κ2) is 8.90. The van der Waals surface area contributed by atoms with Crippen LogP contribution in [-0.4, -0.2) is 24.9 Å². The molecule has 0 aliphatic rings. The van der Waals surface area contributed by atoms with Crippen LogP contribution >= 0.6 is 0 Å². The van der Waals surface area contributed by atoms with E-state index in [1.807, 2.05) is 0 Å². The number of carbonyl (C=O) groups is 2. The van der Waals surface area contributed by atoms with Crippen LogP contribution in [0.25, 0.3) is 0 Å². The number of rotatable bonds is 1. The van der Waals surface area contributed by atoms with Gasteiger partial charge in [0.25, 0.3) is 5.97 Å². The van der Waals surface area contributed by atoms with Gasteiger partial charge in [-0.3, -0.25) is 9.59 Å². The molecule has 0 radical (unpaired) electrons. The fourth-order valence-electron chi connectivity index (χ4n) is 0.358. The molecule has 8 nitrogen and oxygen atoms in total. The van der Waals surface area contributed by atoms with Crippen molar-refractivity contribution in [2.45, 2.75) is 6.92 Å². The van der Waals surface area contributed by atoms with E-state index in [2.05, 4.69) is 4.42 Å². The monoisotopic (exact) mass is 320 g/mol. The van der Waals surface area contributed by atoms with E-state index < -0.39 is 22.7 Å². The van der Waals surface area contributed by atoms with E-state index in [1.165, 1.54) is 6.26 Å². The Morgan fingerprint density at radius 2 is 1.81 bits per heavy atom. The van der Waals surface area contributed by atoms with Crippen LogP contribution in [0.5, 0.6) is 0 Å². The third-order valence-electron chi connectivity index (χ3n) is 0.659. The Hall–Kier alpha value is -1.37. The average Bonchev–Trinajstić information content (AvgIpc) is 2.50. The van der Waals surface area contributed by atoms with Crippen molar-refractivity contribution in [3.8, 4) is 0 Å². The summed E-state index contributed by atoms with van der Waals surface area (Å²) in [6.45, 7) is 1.08. The van der Waals surface area contributed by atoms with Crippen molar-refractivity contribution in [3.63, 3.8) is 0 Å². The van der Waals surface area contributed by atoms with Gasteiger partial charge in [-0.25, -0.2) is 0 Å².